The van der Waals surface area contributed by atoms with Crippen LogP contribution in [0.1, 0.15) is 6.42 Å². The van der Waals surface area contributed by atoms with Gasteiger partial charge in [-0.05, 0) is 12.1 Å². The highest BCUT2D eigenvalue weighted by Crippen LogP contribution is 2.26. The first-order valence-electron chi connectivity index (χ1n) is 4.34. The molecular weight excluding hydrogens is 184 g/mol. The molecule has 2 N–H and O–H groups in total. The van der Waals surface area contributed by atoms with Gasteiger partial charge in [0.25, 0.3) is 5.91 Å². The number of rotatable bonds is 2. The van der Waals surface area contributed by atoms with Crippen LogP contribution in [-0.4, -0.2) is 28.7 Å². The second kappa shape index (κ2) is 3.63. The van der Waals surface area contributed by atoms with Crippen LogP contribution in [0.15, 0.2) is 18.3 Å². The van der Waals surface area contributed by atoms with Crippen LogP contribution in [0.3, 0.4) is 0 Å². The van der Waals surface area contributed by atoms with Gasteiger partial charge in [-0.3, -0.25) is 4.79 Å². The molecule has 0 aromatic carbocycles. The molecule has 0 saturated heterocycles. The van der Waals surface area contributed by atoms with Gasteiger partial charge in [0.15, 0.2) is 17.7 Å². The van der Waals surface area contributed by atoms with Crippen molar-refractivity contribution < 1.29 is 14.6 Å². The third-order valence-electron chi connectivity index (χ3n) is 1.97. The van der Waals surface area contributed by atoms with Crippen molar-refractivity contribution in [2.24, 2.45) is 0 Å². The molecule has 2 rings (SSSR count). The second-order valence-corrected chi connectivity index (χ2v) is 2.96. The standard InChI is InChI=1S/C9H10N2O3/c12-5-3-7-9(13)11-8-6(14-7)2-1-4-10-8/h1-2,4,7,12H,3,5H2,(H,10,11,13)/t7-/m0/s1. The number of hydrogen-bond donors (Lipinski definition) is 2. The number of aliphatic hydroxyl groups is 1. The van der Waals surface area contributed by atoms with E-state index in [1.807, 2.05) is 0 Å². The molecule has 5 heteroatoms. The van der Waals surface area contributed by atoms with Crippen LogP contribution in [0.25, 0.3) is 0 Å². The second-order valence-electron chi connectivity index (χ2n) is 2.96. The summed E-state index contributed by atoms with van der Waals surface area (Å²) in [6.07, 6.45) is 1.26. The van der Waals surface area contributed by atoms with Crippen LogP contribution < -0.4 is 10.1 Å². The molecule has 0 spiro atoms. The van der Waals surface area contributed by atoms with E-state index >= 15 is 0 Å². The Bertz CT molecular complexity index is 354. The zero-order valence-electron chi connectivity index (χ0n) is 7.43. The van der Waals surface area contributed by atoms with Crippen LogP contribution >= 0.6 is 0 Å². The van der Waals surface area contributed by atoms with E-state index in [1.54, 1.807) is 18.3 Å². The minimum absolute atomic E-state index is 0.0757. The summed E-state index contributed by atoms with van der Waals surface area (Å²) in [7, 11) is 0. The van der Waals surface area contributed by atoms with Crippen molar-refractivity contribution in [2.75, 3.05) is 11.9 Å². The fourth-order valence-electron chi connectivity index (χ4n) is 1.29. The lowest BCUT2D eigenvalue weighted by Crippen LogP contribution is -2.37. The van der Waals surface area contributed by atoms with Crippen LogP contribution in [0.2, 0.25) is 0 Å². The van der Waals surface area contributed by atoms with Crippen molar-refractivity contribution >= 4 is 11.7 Å². The maximum Gasteiger partial charge on any atom is 0.266 e. The Morgan fingerprint density at radius 1 is 1.64 bits per heavy atom. The van der Waals surface area contributed by atoms with E-state index in [1.165, 1.54) is 0 Å². The summed E-state index contributed by atoms with van der Waals surface area (Å²) in [4.78, 5) is 15.3. The lowest BCUT2D eigenvalue weighted by atomic mass is 10.2. The van der Waals surface area contributed by atoms with E-state index in [4.69, 9.17) is 9.84 Å². The average molecular weight is 194 g/mol. The van der Waals surface area contributed by atoms with Gasteiger partial charge in [-0.2, -0.15) is 0 Å². The van der Waals surface area contributed by atoms with Crippen LogP contribution in [0, 0.1) is 0 Å². The third-order valence-corrected chi connectivity index (χ3v) is 1.97. The number of ether oxygens (including phenoxy) is 1. The molecule has 2 heterocycles. The molecule has 0 saturated carbocycles. The molecule has 1 amide bonds. The molecule has 0 radical (unpaired) electrons. The van der Waals surface area contributed by atoms with Gasteiger partial charge in [-0.1, -0.05) is 0 Å². The van der Waals surface area contributed by atoms with E-state index in [0.29, 0.717) is 18.0 Å². The summed E-state index contributed by atoms with van der Waals surface area (Å²) in [5, 5.41) is 11.3. The number of aliphatic hydroxyl groups excluding tert-OH is 1. The van der Waals surface area contributed by atoms with Crippen molar-refractivity contribution in [2.45, 2.75) is 12.5 Å². The number of nitrogens with zero attached hydrogens (tertiary/aromatic N) is 1. The number of anilines is 1. The van der Waals surface area contributed by atoms with Gasteiger partial charge in [0.2, 0.25) is 0 Å². The fraction of sp³-hybridized carbons (Fsp3) is 0.333. The van der Waals surface area contributed by atoms with Gasteiger partial charge in [-0.25, -0.2) is 4.98 Å². The first-order chi connectivity index (χ1) is 6.81. The van der Waals surface area contributed by atoms with Crippen molar-refractivity contribution in [3.63, 3.8) is 0 Å². The SMILES string of the molecule is O=C1Nc2ncccc2O[C@H]1CCO. The lowest BCUT2D eigenvalue weighted by Gasteiger charge is -2.24. The summed E-state index contributed by atoms with van der Waals surface area (Å²) < 4.78 is 5.35. The van der Waals surface area contributed by atoms with Gasteiger partial charge in [0.05, 0.1) is 0 Å². The highest BCUT2D eigenvalue weighted by atomic mass is 16.5. The Hall–Kier alpha value is -1.62. The summed E-state index contributed by atoms with van der Waals surface area (Å²) in [5.74, 6) is 0.725. The quantitative estimate of drug-likeness (QED) is 0.703. The number of pyridine rings is 1. The smallest absolute Gasteiger partial charge is 0.266 e. The summed E-state index contributed by atoms with van der Waals surface area (Å²) >= 11 is 0. The maximum atomic E-state index is 11.4. The van der Waals surface area contributed by atoms with Gasteiger partial charge in [-0.15, -0.1) is 0 Å². The molecule has 1 aromatic rings. The summed E-state index contributed by atoms with van der Waals surface area (Å²) in [6, 6.07) is 3.46. The molecular formula is C9H10N2O3. The molecule has 74 valence electrons. The number of carbonyl (C=O) groups excluding carboxylic acids is 1. The topological polar surface area (TPSA) is 71.5 Å². The first kappa shape index (κ1) is 8.96. The lowest BCUT2D eigenvalue weighted by molar-refractivity contribution is -0.124. The van der Waals surface area contributed by atoms with Gasteiger partial charge < -0.3 is 15.2 Å². The van der Waals surface area contributed by atoms with E-state index in [9.17, 15) is 4.79 Å². The minimum Gasteiger partial charge on any atom is -0.477 e. The van der Waals surface area contributed by atoms with Crippen LogP contribution in [0.5, 0.6) is 5.75 Å². The Morgan fingerprint density at radius 3 is 3.29 bits per heavy atom. The number of fused-ring (bicyclic) bond motifs is 1. The number of aromatic nitrogens is 1. The summed E-state index contributed by atoms with van der Waals surface area (Å²) in [6.45, 7) is -0.0757. The highest BCUT2D eigenvalue weighted by molar-refractivity contribution is 5.96. The molecule has 1 atom stereocenters. The van der Waals surface area contributed by atoms with Crippen molar-refractivity contribution in [1.82, 2.24) is 4.98 Å². The number of carbonyl (C=O) groups is 1. The van der Waals surface area contributed by atoms with Crippen molar-refractivity contribution in [3.05, 3.63) is 18.3 Å². The zero-order valence-corrected chi connectivity index (χ0v) is 7.43. The van der Waals surface area contributed by atoms with Crippen molar-refractivity contribution in [3.8, 4) is 5.75 Å². The molecule has 1 aliphatic rings. The minimum atomic E-state index is -0.614. The van der Waals surface area contributed by atoms with Gasteiger partial charge >= 0.3 is 0 Å². The zero-order chi connectivity index (χ0) is 9.97. The molecule has 0 fully saturated rings. The Morgan fingerprint density at radius 2 is 2.50 bits per heavy atom. The predicted molar refractivity (Wildman–Crippen MR) is 49.0 cm³/mol. The van der Waals surface area contributed by atoms with Crippen molar-refractivity contribution in [1.29, 1.82) is 0 Å². The number of nitrogens with one attached hydrogen (secondary N) is 1. The molecule has 1 aromatic heterocycles. The molecule has 1 aliphatic heterocycles. The van der Waals surface area contributed by atoms with Gasteiger partial charge in [0, 0.05) is 19.2 Å². The third kappa shape index (κ3) is 1.54. The first-order valence-corrected chi connectivity index (χ1v) is 4.34. The Balaban J connectivity index is 2.22. The Kier molecular flexibility index (Phi) is 2.32. The van der Waals surface area contributed by atoms with E-state index in [0.717, 1.165) is 0 Å². The van der Waals surface area contributed by atoms with E-state index < -0.39 is 6.10 Å². The Labute approximate surface area is 80.7 Å². The number of hydrogen-bond acceptors (Lipinski definition) is 4. The van der Waals surface area contributed by atoms with Gasteiger partial charge in [0.1, 0.15) is 0 Å². The predicted octanol–water partition coefficient (Wildman–Crippen LogP) is 0.164. The average Bonchev–Trinajstić information content (AvgIpc) is 2.19. The molecule has 0 aliphatic carbocycles. The molecule has 0 bridgehead atoms. The molecule has 14 heavy (non-hydrogen) atoms. The van der Waals surface area contributed by atoms with E-state index in [-0.39, 0.29) is 12.5 Å². The monoisotopic (exact) mass is 194 g/mol. The van der Waals surface area contributed by atoms with Crippen LogP contribution in [0.4, 0.5) is 5.82 Å². The largest absolute Gasteiger partial charge is 0.477 e. The molecule has 5 nitrogen and oxygen atoms in total. The summed E-state index contributed by atoms with van der Waals surface area (Å²) in [5.41, 5.74) is 0. The highest BCUT2D eigenvalue weighted by Gasteiger charge is 2.27. The maximum absolute atomic E-state index is 11.4. The molecule has 0 unspecified atom stereocenters. The fourth-order valence-corrected chi connectivity index (χ4v) is 1.29. The number of amides is 1. The normalized spacial score (nSPS) is 19.5. The van der Waals surface area contributed by atoms with E-state index in [2.05, 4.69) is 10.3 Å². The van der Waals surface area contributed by atoms with Crippen LogP contribution in [-0.2, 0) is 4.79 Å².